The van der Waals surface area contributed by atoms with Crippen molar-refractivity contribution in [3.63, 3.8) is 0 Å². The van der Waals surface area contributed by atoms with Gasteiger partial charge in [-0.15, -0.1) is 0 Å². The van der Waals surface area contributed by atoms with Crippen molar-refractivity contribution in [1.29, 1.82) is 0 Å². The fourth-order valence-corrected chi connectivity index (χ4v) is 2.20. The molecule has 72 valence electrons. The van der Waals surface area contributed by atoms with E-state index in [1.54, 1.807) is 0 Å². The van der Waals surface area contributed by atoms with Gasteiger partial charge in [-0.05, 0) is 18.8 Å². The normalized spacial score (nSPS) is 24.4. The van der Waals surface area contributed by atoms with Gasteiger partial charge in [0.2, 0.25) is 5.13 Å². The van der Waals surface area contributed by atoms with Crippen LogP contribution in [0.5, 0.6) is 0 Å². The van der Waals surface area contributed by atoms with Crippen LogP contribution in [-0.4, -0.2) is 15.9 Å². The molecule has 0 aliphatic heterocycles. The van der Waals surface area contributed by atoms with E-state index in [0.717, 1.165) is 17.5 Å². The molecule has 1 aliphatic rings. The number of hydrogen-bond donors (Lipinski definition) is 1. The Morgan fingerprint density at radius 3 is 2.85 bits per heavy atom. The van der Waals surface area contributed by atoms with Crippen molar-refractivity contribution < 1.29 is 0 Å². The second-order valence-corrected chi connectivity index (χ2v) is 4.99. The highest BCUT2D eigenvalue weighted by Crippen LogP contribution is 2.57. The standard InChI is InChI=1S/C9H15N3S/c1-4-10-8-11-7(12-13-8)6-5-9(6,2)3/h6H,4-5H2,1-3H3,(H,10,11,12). The summed E-state index contributed by atoms with van der Waals surface area (Å²) in [5.74, 6) is 1.63. The predicted molar refractivity (Wildman–Crippen MR) is 55.2 cm³/mol. The molecule has 13 heavy (non-hydrogen) atoms. The van der Waals surface area contributed by atoms with E-state index >= 15 is 0 Å². The van der Waals surface area contributed by atoms with Gasteiger partial charge in [0.25, 0.3) is 0 Å². The highest BCUT2D eigenvalue weighted by Gasteiger charge is 2.49. The molecule has 1 saturated carbocycles. The lowest BCUT2D eigenvalue weighted by Gasteiger charge is -1.97. The minimum absolute atomic E-state index is 0.435. The molecule has 0 spiro atoms. The molecule has 1 fully saturated rings. The van der Waals surface area contributed by atoms with Crippen molar-refractivity contribution in [2.24, 2.45) is 5.41 Å². The summed E-state index contributed by atoms with van der Waals surface area (Å²) in [5, 5.41) is 4.14. The summed E-state index contributed by atoms with van der Waals surface area (Å²) in [7, 11) is 0. The fraction of sp³-hybridized carbons (Fsp3) is 0.778. The van der Waals surface area contributed by atoms with Crippen LogP contribution in [0.15, 0.2) is 0 Å². The van der Waals surface area contributed by atoms with Crippen LogP contribution in [0.2, 0.25) is 0 Å². The van der Waals surface area contributed by atoms with Crippen LogP contribution in [0.3, 0.4) is 0 Å². The lowest BCUT2D eigenvalue weighted by Crippen LogP contribution is -1.96. The predicted octanol–water partition coefficient (Wildman–Crippen LogP) is 2.48. The zero-order valence-corrected chi connectivity index (χ0v) is 9.11. The van der Waals surface area contributed by atoms with Crippen LogP contribution in [0.25, 0.3) is 0 Å². The van der Waals surface area contributed by atoms with E-state index < -0.39 is 0 Å². The Morgan fingerprint density at radius 2 is 2.31 bits per heavy atom. The monoisotopic (exact) mass is 197 g/mol. The second-order valence-electron chi connectivity index (χ2n) is 4.23. The number of rotatable bonds is 3. The topological polar surface area (TPSA) is 37.8 Å². The maximum Gasteiger partial charge on any atom is 0.202 e. The third-order valence-corrected chi connectivity index (χ3v) is 3.28. The van der Waals surface area contributed by atoms with Gasteiger partial charge in [0.15, 0.2) is 0 Å². The first-order valence-corrected chi connectivity index (χ1v) is 5.48. The fourth-order valence-electron chi connectivity index (χ4n) is 1.51. The molecule has 1 N–H and O–H groups in total. The molecule has 0 saturated heterocycles. The van der Waals surface area contributed by atoms with E-state index in [1.807, 2.05) is 0 Å². The lowest BCUT2D eigenvalue weighted by molar-refractivity contribution is 0.612. The van der Waals surface area contributed by atoms with Gasteiger partial charge in [0.1, 0.15) is 5.82 Å². The molecule has 1 heterocycles. The summed E-state index contributed by atoms with van der Waals surface area (Å²) in [6.07, 6.45) is 1.23. The molecule has 3 nitrogen and oxygen atoms in total. The number of hydrogen-bond acceptors (Lipinski definition) is 4. The largest absolute Gasteiger partial charge is 0.361 e. The zero-order chi connectivity index (χ0) is 9.47. The Hall–Kier alpha value is -0.640. The van der Waals surface area contributed by atoms with E-state index in [1.165, 1.54) is 18.0 Å². The highest BCUT2D eigenvalue weighted by molar-refractivity contribution is 7.09. The van der Waals surface area contributed by atoms with Gasteiger partial charge < -0.3 is 5.32 Å². The Balaban J connectivity index is 2.07. The molecule has 2 rings (SSSR count). The van der Waals surface area contributed by atoms with Crippen molar-refractivity contribution in [3.8, 4) is 0 Å². The Morgan fingerprint density at radius 1 is 1.62 bits per heavy atom. The summed E-state index contributed by atoms with van der Waals surface area (Å²) < 4.78 is 4.36. The molecule has 0 radical (unpaired) electrons. The highest BCUT2D eigenvalue weighted by atomic mass is 32.1. The number of anilines is 1. The Bertz CT molecular complexity index is 306. The second kappa shape index (κ2) is 2.94. The first-order valence-electron chi connectivity index (χ1n) is 4.71. The van der Waals surface area contributed by atoms with Crippen LogP contribution >= 0.6 is 11.5 Å². The third-order valence-electron chi connectivity index (χ3n) is 2.59. The molecule has 0 amide bonds. The van der Waals surface area contributed by atoms with E-state index in [9.17, 15) is 0 Å². The lowest BCUT2D eigenvalue weighted by atomic mass is 10.1. The van der Waals surface area contributed by atoms with Crippen LogP contribution < -0.4 is 5.32 Å². The molecule has 0 bridgehead atoms. The molecule has 0 aromatic carbocycles. The first kappa shape index (κ1) is 8.94. The van der Waals surface area contributed by atoms with Crippen molar-refractivity contribution in [2.75, 3.05) is 11.9 Å². The molecular weight excluding hydrogens is 182 g/mol. The van der Waals surface area contributed by atoms with Crippen molar-refractivity contribution in [1.82, 2.24) is 9.36 Å². The van der Waals surface area contributed by atoms with Crippen LogP contribution in [0, 0.1) is 5.41 Å². The minimum Gasteiger partial charge on any atom is -0.361 e. The number of nitrogens with one attached hydrogen (secondary N) is 1. The van der Waals surface area contributed by atoms with Gasteiger partial charge in [-0.2, -0.15) is 4.37 Å². The molecular formula is C9H15N3S. The van der Waals surface area contributed by atoms with E-state index in [0.29, 0.717) is 11.3 Å². The van der Waals surface area contributed by atoms with Gasteiger partial charge in [-0.3, -0.25) is 0 Å². The van der Waals surface area contributed by atoms with E-state index in [2.05, 4.69) is 35.4 Å². The van der Waals surface area contributed by atoms with Crippen LogP contribution in [-0.2, 0) is 0 Å². The smallest absolute Gasteiger partial charge is 0.202 e. The molecule has 1 unspecified atom stereocenters. The Kier molecular flexibility index (Phi) is 2.02. The summed E-state index contributed by atoms with van der Waals surface area (Å²) in [6, 6.07) is 0. The molecule has 1 aliphatic carbocycles. The molecule has 1 aromatic heterocycles. The summed E-state index contributed by atoms with van der Waals surface area (Å²) in [4.78, 5) is 4.45. The summed E-state index contributed by atoms with van der Waals surface area (Å²) in [5.41, 5.74) is 0.435. The first-order chi connectivity index (χ1) is 6.13. The maximum atomic E-state index is 4.45. The number of aromatic nitrogens is 2. The van der Waals surface area contributed by atoms with Gasteiger partial charge >= 0.3 is 0 Å². The summed E-state index contributed by atoms with van der Waals surface area (Å²) in [6.45, 7) is 7.53. The van der Waals surface area contributed by atoms with E-state index in [-0.39, 0.29) is 0 Å². The van der Waals surface area contributed by atoms with Gasteiger partial charge in [-0.25, -0.2) is 4.98 Å². The summed E-state index contributed by atoms with van der Waals surface area (Å²) >= 11 is 1.47. The average Bonchev–Trinajstić information content (AvgIpc) is 2.52. The van der Waals surface area contributed by atoms with Crippen molar-refractivity contribution in [2.45, 2.75) is 33.1 Å². The van der Waals surface area contributed by atoms with Gasteiger partial charge in [0.05, 0.1) is 0 Å². The van der Waals surface area contributed by atoms with E-state index in [4.69, 9.17) is 0 Å². The van der Waals surface area contributed by atoms with Gasteiger partial charge in [-0.1, -0.05) is 13.8 Å². The van der Waals surface area contributed by atoms with Crippen LogP contribution in [0.1, 0.15) is 38.9 Å². The van der Waals surface area contributed by atoms with Crippen molar-refractivity contribution >= 4 is 16.7 Å². The maximum absolute atomic E-state index is 4.45. The quantitative estimate of drug-likeness (QED) is 0.809. The Labute approximate surface area is 82.8 Å². The third kappa shape index (κ3) is 1.68. The zero-order valence-electron chi connectivity index (χ0n) is 8.29. The molecule has 1 atom stereocenters. The minimum atomic E-state index is 0.435. The molecule has 4 heteroatoms. The number of nitrogens with zero attached hydrogens (tertiary/aromatic N) is 2. The van der Waals surface area contributed by atoms with Crippen LogP contribution in [0.4, 0.5) is 5.13 Å². The average molecular weight is 197 g/mol. The van der Waals surface area contributed by atoms with Gasteiger partial charge in [0, 0.05) is 24.0 Å². The SMILES string of the molecule is CCNc1nc(C2CC2(C)C)ns1. The van der Waals surface area contributed by atoms with Crippen molar-refractivity contribution in [3.05, 3.63) is 5.82 Å². The molecule has 1 aromatic rings.